The van der Waals surface area contributed by atoms with E-state index in [-0.39, 0.29) is 18.2 Å². The van der Waals surface area contributed by atoms with Gasteiger partial charge in [0.15, 0.2) is 0 Å². The van der Waals surface area contributed by atoms with Crippen molar-refractivity contribution in [3.63, 3.8) is 0 Å². The predicted octanol–water partition coefficient (Wildman–Crippen LogP) is 2.10. The SMILES string of the molecule is Cc1cnc(C(=O)N(CCC(=O)NC2CC2)Cc2ccccc2)cn1. The van der Waals surface area contributed by atoms with E-state index in [9.17, 15) is 9.59 Å². The van der Waals surface area contributed by atoms with Crippen molar-refractivity contribution in [3.05, 3.63) is 59.7 Å². The smallest absolute Gasteiger partial charge is 0.274 e. The molecule has 1 saturated carbocycles. The molecule has 0 atom stereocenters. The van der Waals surface area contributed by atoms with Crippen molar-refractivity contribution in [2.24, 2.45) is 0 Å². The van der Waals surface area contributed by atoms with E-state index in [1.165, 1.54) is 6.20 Å². The highest BCUT2D eigenvalue weighted by Crippen LogP contribution is 2.18. The summed E-state index contributed by atoms with van der Waals surface area (Å²) in [6.07, 6.45) is 5.46. The summed E-state index contributed by atoms with van der Waals surface area (Å²) >= 11 is 0. The van der Waals surface area contributed by atoms with Gasteiger partial charge in [0.25, 0.3) is 5.91 Å². The first-order valence-electron chi connectivity index (χ1n) is 8.53. The van der Waals surface area contributed by atoms with Crippen LogP contribution in [0.15, 0.2) is 42.7 Å². The molecule has 3 rings (SSSR count). The van der Waals surface area contributed by atoms with Crippen molar-refractivity contribution >= 4 is 11.8 Å². The van der Waals surface area contributed by atoms with Gasteiger partial charge in [-0.05, 0) is 25.3 Å². The van der Waals surface area contributed by atoms with Gasteiger partial charge in [-0.25, -0.2) is 4.98 Å². The van der Waals surface area contributed by atoms with Crippen molar-refractivity contribution in [2.45, 2.75) is 38.8 Å². The summed E-state index contributed by atoms with van der Waals surface area (Å²) in [5, 5.41) is 2.95. The number of carbonyl (C=O) groups excluding carboxylic acids is 2. The molecule has 1 heterocycles. The quantitative estimate of drug-likeness (QED) is 0.839. The molecule has 1 aliphatic rings. The zero-order valence-electron chi connectivity index (χ0n) is 14.3. The number of hydrogen-bond acceptors (Lipinski definition) is 4. The van der Waals surface area contributed by atoms with Gasteiger partial charge in [0.05, 0.1) is 11.9 Å². The third-order valence-corrected chi connectivity index (χ3v) is 4.05. The van der Waals surface area contributed by atoms with Crippen LogP contribution < -0.4 is 5.32 Å². The van der Waals surface area contributed by atoms with Crippen LogP contribution in [0.2, 0.25) is 0 Å². The summed E-state index contributed by atoms with van der Waals surface area (Å²) in [6, 6.07) is 10.1. The Balaban J connectivity index is 1.69. The van der Waals surface area contributed by atoms with Gasteiger partial charge in [-0.1, -0.05) is 30.3 Å². The molecule has 0 aliphatic heterocycles. The normalized spacial score (nSPS) is 13.3. The average molecular weight is 338 g/mol. The maximum atomic E-state index is 12.8. The fraction of sp³-hybridized carbons (Fsp3) is 0.368. The van der Waals surface area contributed by atoms with Crippen molar-refractivity contribution in [2.75, 3.05) is 6.54 Å². The number of benzene rings is 1. The Bertz CT molecular complexity index is 727. The lowest BCUT2D eigenvalue weighted by molar-refractivity contribution is -0.121. The molecule has 1 N–H and O–H groups in total. The van der Waals surface area contributed by atoms with Crippen molar-refractivity contribution in [1.82, 2.24) is 20.2 Å². The molecular formula is C19H22N4O2. The third-order valence-electron chi connectivity index (χ3n) is 4.05. The molecule has 25 heavy (non-hydrogen) atoms. The molecule has 1 fully saturated rings. The maximum Gasteiger partial charge on any atom is 0.274 e. The summed E-state index contributed by atoms with van der Waals surface area (Å²) in [5.74, 6) is -0.223. The molecule has 0 radical (unpaired) electrons. The molecule has 130 valence electrons. The van der Waals surface area contributed by atoms with Crippen LogP contribution in [0, 0.1) is 6.92 Å². The molecule has 0 saturated heterocycles. The summed E-state index contributed by atoms with van der Waals surface area (Å²) in [4.78, 5) is 34.7. The van der Waals surface area contributed by atoms with Gasteiger partial charge >= 0.3 is 0 Å². The number of aromatic nitrogens is 2. The number of aryl methyl sites for hydroxylation is 1. The molecule has 6 heteroatoms. The predicted molar refractivity (Wildman–Crippen MR) is 93.7 cm³/mol. The summed E-state index contributed by atoms with van der Waals surface area (Å²) in [7, 11) is 0. The molecule has 0 spiro atoms. The van der Waals surface area contributed by atoms with E-state index in [0.717, 1.165) is 24.1 Å². The number of carbonyl (C=O) groups is 2. The van der Waals surface area contributed by atoms with E-state index in [2.05, 4.69) is 15.3 Å². The van der Waals surface area contributed by atoms with Crippen LogP contribution in [0.4, 0.5) is 0 Å². The van der Waals surface area contributed by atoms with E-state index in [0.29, 0.717) is 24.8 Å². The summed E-state index contributed by atoms with van der Waals surface area (Å²) in [6.45, 7) is 2.61. The number of hydrogen-bond donors (Lipinski definition) is 1. The van der Waals surface area contributed by atoms with Gasteiger partial charge in [0, 0.05) is 31.7 Å². The van der Waals surface area contributed by atoms with E-state index in [1.807, 2.05) is 37.3 Å². The molecule has 1 aliphatic carbocycles. The van der Waals surface area contributed by atoms with Crippen LogP contribution in [-0.4, -0.2) is 39.3 Å². The van der Waals surface area contributed by atoms with Gasteiger partial charge in [-0.2, -0.15) is 0 Å². The Morgan fingerprint density at radius 2 is 1.92 bits per heavy atom. The van der Waals surface area contributed by atoms with Gasteiger partial charge in [-0.3, -0.25) is 14.6 Å². The van der Waals surface area contributed by atoms with E-state index in [4.69, 9.17) is 0 Å². The second kappa shape index (κ2) is 7.88. The van der Waals surface area contributed by atoms with Crippen LogP contribution in [0.5, 0.6) is 0 Å². The lowest BCUT2D eigenvalue weighted by Gasteiger charge is -2.22. The van der Waals surface area contributed by atoms with Gasteiger partial charge in [-0.15, -0.1) is 0 Å². The maximum absolute atomic E-state index is 12.8. The van der Waals surface area contributed by atoms with Crippen LogP contribution >= 0.6 is 0 Å². The Hall–Kier alpha value is -2.76. The zero-order chi connectivity index (χ0) is 17.6. The largest absolute Gasteiger partial charge is 0.353 e. The monoisotopic (exact) mass is 338 g/mol. The van der Waals surface area contributed by atoms with E-state index < -0.39 is 0 Å². The average Bonchev–Trinajstić information content (AvgIpc) is 3.43. The lowest BCUT2D eigenvalue weighted by atomic mass is 10.2. The summed E-state index contributed by atoms with van der Waals surface area (Å²) in [5.41, 5.74) is 2.07. The van der Waals surface area contributed by atoms with Gasteiger partial charge in [0.1, 0.15) is 5.69 Å². The highest BCUT2D eigenvalue weighted by atomic mass is 16.2. The minimum atomic E-state index is -0.212. The summed E-state index contributed by atoms with van der Waals surface area (Å²) < 4.78 is 0. The molecular weight excluding hydrogens is 316 g/mol. The highest BCUT2D eigenvalue weighted by molar-refractivity contribution is 5.92. The van der Waals surface area contributed by atoms with E-state index >= 15 is 0 Å². The standard InChI is InChI=1S/C19H22N4O2/c1-14-11-21-17(12-20-14)19(25)23(13-15-5-3-2-4-6-15)10-9-18(24)22-16-7-8-16/h2-6,11-12,16H,7-10,13H2,1H3,(H,22,24). The molecule has 2 aromatic rings. The number of amides is 2. The fourth-order valence-electron chi connectivity index (χ4n) is 2.49. The molecule has 6 nitrogen and oxygen atoms in total. The van der Waals surface area contributed by atoms with Crippen LogP contribution in [-0.2, 0) is 11.3 Å². The first kappa shape index (κ1) is 17.1. The minimum Gasteiger partial charge on any atom is -0.353 e. The Morgan fingerprint density at radius 3 is 2.56 bits per heavy atom. The third kappa shape index (κ3) is 5.11. The van der Waals surface area contributed by atoms with Gasteiger partial charge in [0.2, 0.25) is 5.91 Å². The number of nitrogens with zero attached hydrogens (tertiary/aromatic N) is 3. The van der Waals surface area contributed by atoms with Crippen LogP contribution in [0.3, 0.4) is 0 Å². The number of rotatable bonds is 7. The van der Waals surface area contributed by atoms with Crippen molar-refractivity contribution in [3.8, 4) is 0 Å². The molecule has 1 aromatic heterocycles. The number of nitrogens with one attached hydrogen (secondary N) is 1. The van der Waals surface area contributed by atoms with E-state index in [1.54, 1.807) is 11.1 Å². The topological polar surface area (TPSA) is 75.2 Å². The Kier molecular flexibility index (Phi) is 5.38. The second-order valence-corrected chi connectivity index (χ2v) is 6.35. The van der Waals surface area contributed by atoms with Crippen molar-refractivity contribution < 1.29 is 9.59 Å². The Morgan fingerprint density at radius 1 is 1.16 bits per heavy atom. The fourth-order valence-corrected chi connectivity index (χ4v) is 2.49. The van der Waals surface area contributed by atoms with Gasteiger partial charge < -0.3 is 10.2 Å². The first-order valence-corrected chi connectivity index (χ1v) is 8.53. The van der Waals surface area contributed by atoms with Crippen LogP contribution in [0.1, 0.15) is 41.0 Å². The van der Waals surface area contributed by atoms with Crippen molar-refractivity contribution in [1.29, 1.82) is 0 Å². The molecule has 1 aromatic carbocycles. The zero-order valence-corrected chi connectivity index (χ0v) is 14.3. The first-order chi connectivity index (χ1) is 12.1. The molecule has 0 bridgehead atoms. The molecule has 0 unspecified atom stereocenters. The van der Waals surface area contributed by atoms with Crippen LogP contribution in [0.25, 0.3) is 0 Å². The minimum absolute atomic E-state index is 0.0108. The highest BCUT2D eigenvalue weighted by Gasteiger charge is 2.24. The lowest BCUT2D eigenvalue weighted by Crippen LogP contribution is -2.36. The second-order valence-electron chi connectivity index (χ2n) is 6.35. The molecule has 2 amide bonds. The Labute approximate surface area is 147 Å².